The topological polar surface area (TPSA) is 174 Å². The van der Waals surface area contributed by atoms with Crippen LogP contribution < -0.4 is 0 Å². The van der Waals surface area contributed by atoms with E-state index in [1.54, 1.807) is 0 Å². The molecule has 0 spiro atoms. The van der Waals surface area contributed by atoms with Crippen molar-refractivity contribution in [2.24, 2.45) is 23.7 Å². The molecule has 2 saturated carbocycles. The van der Waals surface area contributed by atoms with Gasteiger partial charge in [-0.25, -0.2) is 0 Å². The lowest BCUT2D eigenvalue weighted by molar-refractivity contribution is -0.211. The number of rotatable bonds is 8. The molecule has 0 aromatic heterocycles. The summed E-state index contributed by atoms with van der Waals surface area (Å²) < 4.78 is 71.5. The first-order valence-electron chi connectivity index (χ1n) is 10.9. The van der Waals surface area contributed by atoms with Crippen LogP contribution in [0.25, 0.3) is 0 Å². The fraction of sp³-hybridized carbons (Fsp3) is 0.850. The lowest BCUT2D eigenvalue weighted by atomic mass is 9.69. The van der Waals surface area contributed by atoms with Crippen molar-refractivity contribution in [3.63, 3.8) is 0 Å². The minimum atomic E-state index is -6.07. The molecular weight excluding hydrogens is 486 g/mol. The third-order valence-corrected chi connectivity index (χ3v) is 8.11. The Hall–Kier alpha value is -1.90. The summed E-state index contributed by atoms with van der Waals surface area (Å²) >= 11 is 0. The average molecular weight is 514 g/mol. The van der Waals surface area contributed by atoms with E-state index in [1.165, 1.54) is 6.92 Å². The standard InChI is InChI=1S/C20H28F2O11S/c1-9(10(2)16(24)33-18(26)20(21,22)34(28,29)30)15(23)31-14-8-12(19(27)5-3-4-6-19)11-7-13(14)32-17(11)25/h9-14,18,26-27H,3-8H2,1-2H3,(H,28,29,30). The lowest BCUT2D eigenvalue weighted by Crippen LogP contribution is -2.48. The third kappa shape index (κ3) is 4.90. The number of hydrogen-bond donors (Lipinski definition) is 3. The van der Waals surface area contributed by atoms with Crippen LogP contribution in [0.15, 0.2) is 0 Å². The van der Waals surface area contributed by atoms with E-state index < -0.39 is 81.1 Å². The largest absolute Gasteiger partial charge is 0.458 e. The quantitative estimate of drug-likeness (QED) is 0.181. The molecule has 7 atom stereocenters. The van der Waals surface area contributed by atoms with E-state index in [2.05, 4.69) is 4.74 Å². The molecule has 14 heteroatoms. The molecule has 1 saturated heterocycles. The van der Waals surface area contributed by atoms with Crippen molar-refractivity contribution in [2.45, 2.75) is 81.7 Å². The van der Waals surface area contributed by atoms with E-state index >= 15 is 0 Å². The first-order valence-corrected chi connectivity index (χ1v) is 12.4. The summed E-state index contributed by atoms with van der Waals surface area (Å²) in [6, 6.07) is 0. The summed E-state index contributed by atoms with van der Waals surface area (Å²) in [5.41, 5.74) is -1.07. The fourth-order valence-corrected chi connectivity index (χ4v) is 5.21. The number of carbonyl (C=O) groups excluding carboxylic acids is 3. The molecule has 0 amide bonds. The van der Waals surface area contributed by atoms with E-state index in [0.29, 0.717) is 12.8 Å². The highest BCUT2D eigenvalue weighted by Gasteiger charge is 2.57. The minimum Gasteiger partial charge on any atom is -0.458 e. The predicted octanol–water partition coefficient (Wildman–Crippen LogP) is 0.769. The Labute approximate surface area is 194 Å². The number of aliphatic hydroxyl groups excluding tert-OH is 1. The zero-order valence-corrected chi connectivity index (χ0v) is 19.4. The molecule has 2 bridgehead atoms. The Morgan fingerprint density at radius 3 is 2.26 bits per heavy atom. The summed E-state index contributed by atoms with van der Waals surface area (Å²) in [6.07, 6.45) is -2.01. The van der Waals surface area contributed by atoms with E-state index in [-0.39, 0.29) is 12.8 Å². The van der Waals surface area contributed by atoms with Crippen molar-refractivity contribution in [2.75, 3.05) is 0 Å². The van der Waals surface area contributed by atoms with Crippen LogP contribution in [0.5, 0.6) is 0 Å². The number of ether oxygens (including phenoxy) is 3. The molecule has 3 rings (SSSR count). The fourth-order valence-electron chi connectivity index (χ4n) is 4.91. The van der Waals surface area contributed by atoms with Crippen LogP contribution in [0.2, 0.25) is 0 Å². The van der Waals surface area contributed by atoms with Crippen LogP contribution in [0, 0.1) is 23.7 Å². The van der Waals surface area contributed by atoms with E-state index in [9.17, 15) is 41.8 Å². The smallest absolute Gasteiger partial charge is 0.430 e. The molecule has 2 aliphatic carbocycles. The highest BCUT2D eigenvalue weighted by atomic mass is 32.2. The summed E-state index contributed by atoms with van der Waals surface area (Å²) in [5.74, 6) is -6.63. The second-order valence-corrected chi connectivity index (χ2v) is 10.8. The number of hydrogen-bond acceptors (Lipinski definition) is 10. The molecule has 194 valence electrons. The van der Waals surface area contributed by atoms with Crippen LogP contribution in [-0.2, 0) is 38.7 Å². The Balaban J connectivity index is 1.64. The molecule has 34 heavy (non-hydrogen) atoms. The van der Waals surface area contributed by atoms with Gasteiger partial charge in [0.1, 0.15) is 12.2 Å². The molecule has 0 aromatic carbocycles. The van der Waals surface area contributed by atoms with Gasteiger partial charge in [-0.05, 0) is 19.3 Å². The van der Waals surface area contributed by atoms with Gasteiger partial charge >= 0.3 is 33.3 Å². The molecular formula is C20H28F2O11S. The minimum absolute atomic E-state index is 0.175. The van der Waals surface area contributed by atoms with Crippen LogP contribution in [0.4, 0.5) is 8.78 Å². The maximum atomic E-state index is 13.4. The molecule has 3 aliphatic rings. The highest BCUT2D eigenvalue weighted by molar-refractivity contribution is 7.86. The first-order chi connectivity index (χ1) is 15.6. The van der Waals surface area contributed by atoms with Gasteiger partial charge in [-0.3, -0.25) is 18.9 Å². The number of aliphatic hydroxyl groups is 2. The number of alkyl halides is 2. The van der Waals surface area contributed by atoms with Crippen LogP contribution >= 0.6 is 0 Å². The number of carbonyl (C=O) groups is 3. The molecule has 0 aromatic rings. The Morgan fingerprint density at radius 2 is 1.71 bits per heavy atom. The zero-order chi connectivity index (χ0) is 25.6. The number of fused-ring (bicyclic) bond motifs is 2. The maximum Gasteiger partial charge on any atom is 0.430 e. The van der Waals surface area contributed by atoms with Crippen LogP contribution in [-0.4, -0.2) is 70.4 Å². The molecule has 3 N–H and O–H groups in total. The van der Waals surface area contributed by atoms with Gasteiger partial charge in [0.2, 0.25) is 0 Å². The third-order valence-electron chi connectivity index (χ3n) is 7.22. The summed E-state index contributed by atoms with van der Waals surface area (Å²) in [7, 11) is -6.07. The average Bonchev–Trinajstić information content (AvgIpc) is 3.32. The van der Waals surface area contributed by atoms with E-state index in [1.807, 2.05) is 0 Å². The van der Waals surface area contributed by atoms with Gasteiger partial charge in [0.15, 0.2) is 0 Å². The van der Waals surface area contributed by atoms with E-state index in [4.69, 9.17) is 14.0 Å². The second kappa shape index (κ2) is 9.28. The van der Waals surface area contributed by atoms with Gasteiger partial charge in [0.05, 0.1) is 23.4 Å². The summed E-state index contributed by atoms with van der Waals surface area (Å²) in [4.78, 5) is 37.1. The molecule has 0 radical (unpaired) electrons. The van der Waals surface area contributed by atoms with Crippen LogP contribution in [0.3, 0.4) is 0 Å². The molecule has 1 aliphatic heterocycles. The van der Waals surface area contributed by atoms with Crippen molar-refractivity contribution in [3.8, 4) is 0 Å². The number of halogens is 2. The van der Waals surface area contributed by atoms with Crippen molar-refractivity contribution < 1.29 is 60.6 Å². The van der Waals surface area contributed by atoms with Gasteiger partial charge < -0.3 is 24.4 Å². The number of esters is 3. The summed E-state index contributed by atoms with van der Waals surface area (Å²) in [6.45, 7) is 2.35. The monoisotopic (exact) mass is 514 g/mol. The normalized spacial score (nSPS) is 31.3. The molecule has 3 fully saturated rings. The van der Waals surface area contributed by atoms with Gasteiger partial charge in [0.25, 0.3) is 6.29 Å². The van der Waals surface area contributed by atoms with Crippen molar-refractivity contribution in [3.05, 3.63) is 0 Å². The van der Waals surface area contributed by atoms with Gasteiger partial charge in [-0.1, -0.05) is 26.7 Å². The SMILES string of the molecule is CC(C(=O)OC1CC(C2(O)CCCC2)C2CC1OC2=O)C(C)C(=O)OC(O)C(F)(F)S(=O)(=O)O. The summed E-state index contributed by atoms with van der Waals surface area (Å²) in [5, 5.41) is 15.1. The lowest BCUT2D eigenvalue weighted by Gasteiger charge is -2.40. The Bertz CT molecular complexity index is 931. The maximum absolute atomic E-state index is 13.4. The zero-order valence-electron chi connectivity index (χ0n) is 18.6. The second-order valence-electron chi connectivity index (χ2n) is 9.35. The molecule has 11 nitrogen and oxygen atoms in total. The van der Waals surface area contributed by atoms with E-state index in [0.717, 1.165) is 19.8 Å². The van der Waals surface area contributed by atoms with Gasteiger partial charge in [-0.15, -0.1) is 0 Å². The Kier molecular flexibility index (Phi) is 7.29. The first kappa shape index (κ1) is 26.7. The molecule has 7 unspecified atom stereocenters. The molecule has 1 heterocycles. The Morgan fingerprint density at radius 1 is 1.15 bits per heavy atom. The van der Waals surface area contributed by atoms with Crippen molar-refractivity contribution in [1.29, 1.82) is 0 Å². The highest BCUT2D eigenvalue weighted by Crippen LogP contribution is 2.50. The van der Waals surface area contributed by atoms with Crippen molar-refractivity contribution in [1.82, 2.24) is 0 Å². The van der Waals surface area contributed by atoms with Crippen LogP contribution in [0.1, 0.15) is 52.4 Å². The van der Waals surface area contributed by atoms with Gasteiger partial charge in [0, 0.05) is 12.3 Å². The predicted molar refractivity (Wildman–Crippen MR) is 106 cm³/mol. The van der Waals surface area contributed by atoms with Gasteiger partial charge in [-0.2, -0.15) is 17.2 Å². The van der Waals surface area contributed by atoms with Crippen molar-refractivity contribution >= 4 is 28.0 Å².